The molecule has 3 rings (SSSR count). The van der Waals surface area contributed by atoms with E-state index in [0.717, 1.165) is 28.6 Å². The van der Waals surface area contributed by atoms with Gasteiger partial charge in [0, 0.05) is 16.1 Å². The van der Waals surface area contributed by atoms with Crippen molar-refractivity contribution < 1.29 is 19.1 Å². The van der Waals surface area contributed by atoms with Gasteiger partial charge in [0.1, 0.15) is 0 Å². The molecule has 1 atom stereocenters. The summed E-state index contributed by atoms with van der Waals surface area (Å²) in [5.41, 5.74) is 2.38. The summed E-state index contributed by atoms with van der Waals surface area (Å²) in [6, 6.07) is 10.6. The van der Waals surface area contributed by atoms with Crippen LogP contribution in [0.2, 0.25) is 0 Å². The highest BCUT2D eigenvalue weighted by Gasteiger charge is 2.26. The summed E-state index contributed by atoms with van der Waals surface area (Å²) in [7, 11) is 0. The molecule has 3 amide bonds. The van der Waals surface area contributed by atoms with Gasteiger partial charge < -0.3 is 10.1 Å². The number of imide groups is 1. The van der Waals surface area contributed by atoms with Crippen molar-refractivity contribution in [1.82, 2.24) is 15.6 Å². The van der Waals surface area contributed by atoms with Crippen molar-refractivity contribution in [2.24, 2.45) is 0 Å². The Kier molecular flexibility index (Phi) is 6.08. The summed E-state index contributed by atoms with van der Waals surface area (Å²) < 4.78 is 6.12. The van der Waals surface area contributed by atoms with Crippen LogP contribution in [0.1, 0.15) is 35.8 Å². The lowest BCUT2D eigenvalue weighted by atomic mass is 10.1. The smallest absolute Gasteiger partial charge is 0.340 e. The number of carbonyl (C=O) groups is 3. The molecule has 2 N–H and O–H groups in total. The van der Waals surface area contributed by atoms with Gasteiger partial charge in [-0.2, -0.15) is 0 Å². The number of benzene rings is 1. The van der Waals surface area contributed by atoms with Crippen LogP contribution in [0.3, 0.4) is 0 Å². The van der Waals surface area contributed by atoms with E-state index in [4.69, 9.17) is 4.74 Å². The minimum Gasteiger partial charge on any atom is -0.449 e. The largest absolute Gasteiger partial charge is 0.449 e. The van der Waals surface area contributed by atoms with E-state index in [2.05, 4.69) is 31.5 Å². The van der Waals surface area contributed by atoms with Crippen LogP contribution >= 0.6 is 15.9 Å². The Morgan fingerprint density at radius 3 is 2.61 bits per heavy atom. The highest BCUT2D eigenvalue weighted by atomic mass is 79.9. The number of aryl methyl sites for hydroxylation is 1. The predicted molar refractivity (Wildman–Crippen MR) is 107 cm³/mol. The lowest BCUT2D eigenvalue weighted by Crippen LogP contribution is -2.45. The summed E-state index contributed by atoms with van der Waals surface area (Å²) in [6.45, 7) is 3.11. The van der Waals surface area contributed by atoms with Gasteiger partial charge in [0.05, 0.1) is 17.0 Å². The first-order valence-corrected chi connectivity index (χ1v) is 9.68. The number of hydrogen-bond acceptors (Lipinski definition) is 5. The van der Waals surface area contributed by atoms with E-state index in [0.29, 0.717) is 5.69 Å². The second kappa shape index (κ2) is 8.52. The molecule has 0 radical (unpaired) electrons. The maximum atomic E-state index is 12.4. The lowest BCUT2D eigenvalue weighted by Gasteiger charge is -2.14. The molecule has 1 fully saturated rings. The van der Waals surface area contributed by atoms with E-state index in [1.54, 1.807) is 19.1 Å². The van der Waals surface area contributed by atoms with Crippen molar-refractivity contribution in [1.29, 1.82) is 0 Å². The highest BCUT2D eigenvalue weighted by Crippen LogP contribution is 2.23. The number of halogens is 1. The highest BCUT2D eigenvalue weighted by molar-refractivity contribution is 9.10. The summed E-state index contributed by atoms with van der Waals surface area (Å²) >= 11 is 3.42. The second-order valence-corrected chi connectivity index (χ2v) is 7.54. The van der Waals surface area contributed by atoms with Gasteiger partial charge in [-0.1, -0.05) is 28.1 Å². The van der Waals surface area contributed by atoms with Gasteiger partial charge in [0.25, 0.3) is 5.91 Å². The number of amides is 3. The topological polar surface area (TPSA) is 97.4 Å². The number of pyridine rings is 1. The van der Waals surface area contributed by atoms with Crippen molar-refractivity contribution in [3.05, 3.63) is 52.1 Å². The van der Waals surface area contributed by atoms with Crippen LogP contribution in [-0.2, 0) is 9.53 Å². The maximum absolute atomic E-state index is 12.4. The Balaban J connectivity index is 1.63. The zero-order valence-electron chi connectivity index (χ0n) is 15.5. The monoisotopic (exact) mass is 445 g/mol. The summed E-state index contributed by atoms with van der Waals surface area (Å²) in [6.07, 6.45) is 0.713. The fraction of sp³-hybridized carbons (Fsp3) is 0.300. The van der Waals surface area contributed by atoms with Crippen LogP contribution in [0, 0.1) is 6.92 Å². The van der Waals surface area contributed by atoms with E-state index < -0.39 is 24.0 Å². The van der Waals surface area contributed by atoms with E-state index >= 15 is 0 Å². The molecular weight excluding hydrogens is 426 g/mol. The number of rotatable bonds is 5. The number of carbonyl (C=O) groups excluding carboxylic acids is 3. The second-order valence-electron chi connectivity index (χ2n) is 6.62. The summed E-state index contributed by atoms with van der Waals surface area (Å²) in [5, 5.41) is 4.81. The summed E-state index contributed by atoms with van der Waals surface area (Å²) in [4.78, 5) is 40.5. The Bertz CT molecular complexity index is 927. The molecule has 0 aliphatic heterocycles. The van der Waals surface area contributed by atoms with Gasteiger partial charge in [-0.15, -0.1) is 0 Å². The van der Waals surface area contributed by atoms with Gasteiger partial charge in [-0.3, -0.25) is 15.1 Å². The first kappa shape index (κ1) is 20.0. The standard InChI is InChI=1S/C20H20BrN3O4/c1-11-16(8-9-17(22-11)13-4-3-5-14(21)10-13)19(26)28-12(2)18(25)24-20(27)23-15-6-7-15/h3-5,8-10,12,15H,6-7H2,1-2H3,(H2,23,24,25,27). The first-order chi connectivity index (χ1) is 13.3. The van der Waals surface area contributed by atoms with Gasteiger partial charge in [-0.05, 0) is 51.0 Å². The normalized spacial score (nSPS) is 14.1. The van der Waals surface area contributed by atoms with Crippen LogP contribution in [0.5, 0.6) is 0 Å². The fourth-order valence-corrected chi connectivity index (χ4v) is 2.92. The molecular formula is C20H20BrN3O4. The molecule has 1 aliphatic carbocycles. The molecule has 1 aliphatic rings. The number of ether oxygens (including phenoxy) is 1. The minimum atomic E-state index is -1.11. The molecule has 2 aromatic rings. The predicted octanol–water partition coefficient (Wildman–Crippen LogP) is 3.35. The molecule has 1 heterocycles. The SMILES string of the molecule is Cc1nc(-c2cccc(Br)c2)ccc1C(=O)OC(C)C(=O)NC(=O)NC1CC1. The Morgan fingerprint density at radius 1 is 1.21 bits per heavy atom. The molecule has 0 spiro atoms. The molecule has 1 aromatic carbocycles. The van der Waals surface area contributed by atoms with Crippen LogP contribution in [-0.4, -0.2) is 35.0 Å². The molecule has 0 saturated heterocycles. The molecule has 1 aromatic heterocycles. The van der Waals surface area contributed by atoms with Crippen molar-refractivity contribution in [2.75, 3.05) is 0 Å². The third-order valence-corrected chi connectivity index (χ3v) is 4.72. The third kappa shape index (κ3) is 5.16. The van der Waals surface area contributed by atoms with E-state index in [-0.39, 0.29) is 11.6 Å². The first-order valence-electron chi connectivity index (χ1n) is 8.89. The van der Waals surface area contributed by atoms with E-state index in [9.17, 15) is 14.4 Å². The van der Waals surface area contributed by atoms with Gasteiger partial charge in [-0.25, -0.2) is 9.59 Å². The minimum absolute atomic E-state index is 0.128. The number of hydrogen-bond donors (Lipinski definition) is 2. The summed E-state index contributed by atoms with van der Waals surface area (Å²) in [5.74, 6) is -1.35. The van der Waals surface area contributed by atoms with Crippen molar-refractivity contribution >= 4 is 33.8 Å². The Hall–Kier alpha value is -2.74. The van der Waals surface area contributed by atoms with Crippen LogP contribution in [0.4, 0.5) is 4.79 Å². The van der Waals surface area contributed by atoms with Crippen LogP contribution in [0.25, 0.3) is 11.3 Å². The van der Waals surface area contributed by atoms with Crippen molar-refractivity contribution in [3.8, 4) is 11.3 Å². The molecule has 0 bridgehead atoms. The number of nitrogens with zero attached hydrogens (tertiary/aromatic N) is 1. The molecule has 7 nitrogen and oxygen atoms in total. The average molecular weight is 446 g/mol. The number of aromatic nitrogens is 1. The Labute approximate surface area is 171 Å². The van der Waals surface area contributed by atoms with Gasteiger partial charge >= 0.3 is 12.0 Å². The van der Waals surface area contributed by atoms with E-state index in [1.165, 1.54) is 6.92 Å². The fourth-order valence-electron chi connectivity index (χ4n) is 2.53. The molecule has 28 heavy (non-hydrogen) atoms. The lowest BCUT2D eigenvalue weighted by molar-refractivity contribution is -0.127. The van der Waals surface area contributed by atoms with E-state index in [1.807, 2.05) is 24.3 Å². The number of nitrogens with one attached hydrogen (secondary N) is 2. The van der Waals surface area contributed by atoms with Crippen LogP contribution < -0.4 is 10.6 Å². The number of urea groups is 1. The average Bonchev–Trinajstić information content (AvgIpc) is 3.45. The molecule has 8 heteroatoms. The van der Waals surface area contributed by atoms with Gasteiger partial charge in [0.15, 0.2) is 6.10 Å². The molecule has 1 unspecified atom stereocenters. The third-order valence-electron chi connectivity index (χ3n) is 4.23. The maximum Gasteiger partial charge on any atom is 0.340 e. The number of esters is 1. The quantitative estimate of drug-likeness (QED) is 0.687. The zero-order valence-corrected chi connectivity index (χ0v) is 17.1. The van der Waals surface area contributed by atoms with Crippen molar-refractivity contribution in [2.45, 2.75) is 38.8 Å². The zero-order chi connectivity index (χ0) is 20.3. The van der Waals surface area contributed by atoms with Gasteiger partial charge in [0.2, 0.25) is 0 Å². The van der Waals surface area contributed by atoms with Crippen molar-refractivity contribution in [3.63, 3.8) is 0 Å². The molecule has 1 saturated carbocycles. The Morgan fingerprint density at radius 2 is 1.96 bits per heavy atom. The van der Waals surface area contributed by atoms with Crippen LogP contribution in [0.15, 0.2) is 40.9 Å². The molecule has 146 valence electrons.